The number of rotatable bonds is 4. The summed E-state index contributed by atoms with van der Waals surface area (Å²) in [6.07, 6.45) is 0.567. The highest BCUT2D eigenvalue weighted by Gasteiger charge is 2.30. The summed E-state index contributed by atoms with van der Waals surface area (Å²) in [5.74, 6) is -0.0608. The molecule has 1 saturated heterocycles. The average Bonchev–Trinajstić information content (AvgIpc) is 2.66. The Bertz CT molecular complexity index is 630. The quantitative estimate of drug-likeness (QED) is 0.772. The number of ether oxygens (including phenoxy) is 1. The van der Waals surface area contributed by atoms with Gasteiger partial charge in [-0.15, -0.1) is 0 Å². The molecule has 1 fully saturated rings. The van der Waals surface area contributed by atoms with Crippen LogP contribution in [0, 0.1) is 0 Å². The third-order valence-corrected chi connectivity index (χ3v) is 4.98. The minimum atomic E-state index is -3.83. The molecule has 1 aliphatic heterocycles. The van der Waals surface area contributed by atoms with Crippen molar-refractivity contribution in [2.75, 3.05) is 32.0 Å². The van der Waals surface area contributed by atoms with Gasteiger partial charge in [0.25, 0.3) is 0 Å². The Morgan fingerprint density at radius 1 is 1.43 bits per heavy atom. The van der Waals surface area contributed by atoms with E-state index in [-0.39, 0.29) is 29.6 Å². The predicted molar refractivity (Wildman–Crippen MR) is 78.4 cm³/mol. The van der Waals surface area contributed by atoms with Crippen molar-refractivity contribution in [2.45, 2.75) is 18.2 Å². The van der Waals surface area contributed by atoms with Gasteiger partial charge in [0, 0.05) is 18.8 Å². The van der Waals surface area contributed by atoms with Gasteiger partial charge in [-0.25, -0.2) is 8.42 Å². The van der Waals surface area contributed by atoms with E-state index in [0.717, 1.165) is 4.31 Å². The van der Waals surface area contributed by atoms with Crippen LogP contribution in [0.25, 0.3) is 0 Å². The van der Waals surface area contributed by atoms with Gasteiger partial charge in [0.1, 0.15) is 10.6 Å². The molecule has 0 atom stereocenters. The molecule has 0 saturated carbocycles. The zero-order valence-corrected chi connectivity index (χ0v) is 12.6. The molecule has 2 rings (SSSR count). The largest absolute Gasteiger partial charge is 0.492 e. The van der Waals surface area contributed by atoms with Crippen LogP contribution in [-0.4, -0.2) is 44.9 Å². The van der Waals surface area contributed by atoms with Crippen LogP contribution in [0.1, 0.15) is 13.3 Å². The average molecular weight is 313 g/mol. The van der Waals surface area contributed by atoms with Crippen LogP contribution in [0.15, 0.2) is 23.1 Å². The Morgan fingerprint density at radius 2 is 2.19 bits per heavy atom. The molecule has 1 aromatic carbocycles. The maximum absolute atomic E-state index is 12.7. The third kappa shape index (κ3) is 3.45. The fourth-order valence-corrected chi connectivity index (χ4v) is 3.72. The lowest BCUT2D eigenvalue weighted by Crippen LogP contribution is -2.37. The molecule has 1 heterocycles. The summed E-state index contributed by atoms with van der Waals surface area (Å²) in [5, 5.41) is 2.65. The first kappa shape index (κ1) is 15.6. The summed E-state index contributed by atoms with van der Waals surface area (Å²) in [5.41, 5.74) is 6.02. The zero-order chi connectivity index (χ0) is 15.5. The number of carbonyl (C=O) groups is 1. The van der Waals surface area contributed by atoms with Crippen molar-refractivity contribution in [3.63, 3.8) is 0 Å². The molecule has 0 aromatic heterocycles. The Morgan fingerprint density at radius 3 is 2.90 bits per heavy atom. The predicted octanol–water partition coefficient (Wildman–Crippen LogP) is 0.178. The van der Waals surface area contributed by atoms with E-state index in [1.54, 1.807) is 13.0 Å². The van der Waals surface area contributed by atoms with Crippen molar-refractivity contribution in [2.24, 2.45) is 0 Å². The van der Waals surface area contributed by atoms with Crippen LogP contribution in [0.4, 0.5) is 5.69 Å². The van der Waals surface area contributed by atoms with Gasteiger partial charge in [-0.1, -0.05) is 0 Å². The van der Waals surface area contributed by atoms with Gasteiger partial charge >= 0.3 is 0 Å². The summed E-state index contributed by atoms with van der Waals surface area (Å²) >= 11 is 0. The van der Waals surface area contributed by atoms with Crippen LogP contribution in [0.2, 0.25) is 0 Å². The minimum Gasteiger partial charge on any atom is -0.492 e. The number of sulfonamides is 1. The summed E-state index contributed by atoms with van der Waals surface area (Å²) in [7, 11) is -3.83. The van der Waals surface area contributed by atoms with E-state index in [4.69, 9.17) is 10.5 Å². The number of nitrogens with one attached hydrogen (secondary N) is 1. The fraction of sp³-hybridized carbons (Fsp3) is 0.462. The first-order valence-electron chi connectivity index (χ1n) is 6.74. The second-order valence-electron chi connectivity index (χ2n) is 4.68. The number of amides is 1. The van der Waals surface area contributed by atoms with E-state index in [2.05, 4.69) is 5.32 Å². The number of anilines is 1. The van der Waals surface area contributed by atoms with Crippen molar-refractivity contribution < 1.29 is 17.9 Å². The second kappa shape index (κ2) is 6.31. The van der Waals surface area contributed by atoms with Crippen molar-refractivity contribution in [3.05, 3.63) is 18.2 Å². The van der Waals surface area contributed by atoms with Crippen molar-refractivity contribution in [3.8, 4) is 5.75 Å². The van der Waals surface area contributed by atoms with E-state index >= 15 is 0 Å². The molecule has 0 bridgehead atoms. The van der Waals surface area contributed by atoms with Gasteiger partial charge < -0.3 is 15.8 Å². The lowest BCUT2D eigenvalue weighted by molar-refractivity contribution is -0.120. The van der Waals surface area contributed by atoms with Gasteiger partial charge in [0.2, 0.25) is 15.9 Å². The van der Waals surface area contributed by atoms with E-state index in [0.29, 0.717) is 25.3 Å². The maximum atomic E-state index is 12.7. The van der Waals surface area contributed by atoms with Gasteiger partial charge in [-0.2, -0.15) is 4.31 Å². The van der Waals surface area contributed by atoms with E-state index in [1.807, 2.05) is 0 Å². The highest BCUT2D eigenvalue weighted by atomic mass is 32.2. The number of hydrogen-bond acceptors (Lipinski definition) is 5. The number of nitrogens with zero attached hydrogens (tertiary/aromatic N) is 1. The zero-order valence-electron chi connectivity index (χ0n) is 11.8. The van der Waals surface area contributed by atoms with Gasteiger partial charge in [-0.3, -0.25) is 4.79 Å². The number of nitrogens with two attached hydrogens (primary N) is 1. The molecule has 0 unspecified atom stereocenters. The number of benzene rings is 1. The molecule has 21 heavy (non-hydrogen) atoms. The van der Waals surface area contributed by atoms with Crippen LogP contribution in [0.5, 0.6) is 5.75 Å². The van der Waals surface area contributed by atoms with E-state index in [9.17, 15) is 13.2 Å². The Hall–Kier alpha value is -1.80. The standard InChI is InChI=1S/C13H19N3O4S/c1-2-20-11-5-4-10(14)8-12(11)21(18,19)16-7-3-6-15-13(17)9-16/h4-5,8H,2-3,6-7,9,14H2,1H3,(H,15,17). The smallest absolute Gasteiger partial charge is 0.247 e. The van der Waals surface area contributed by atoms with Gasteiger partial charge in [-0.05, 0) is 31.5 Å². The number of nitrogen functional groups attached to an aromatic ring is 1. The molecule has 3 N–H and O–H groups in total. The first-order valence-corrected chi connectivity index (χ1v) is 8.18. The molecule has 7 nitrogen and oxygen atoms in total. The highest BCUT2D eigenvalue weighted by molar-refractivity contribution is 7.89. The molecule has 1 amide bonds. The number of carbonyl (C=O) groups excluding carboxylic acids is 1. The number of hydrogen-bond donors (Lipinski definition) is 2. The first-order chi connectivity index (χ1) is 9.95. The van der Waals surface area contributed by atoms with E-state index in [1.165, 1.54) is 12.1 Å². The topological polar surface area (TPSA) is 102 Å². The molecule has 8 heteroatoms. The molecular formula is C13H19N3O4S. The Balaban J connectivity index is 2.42. The minimum absolute atomic E-state index is 0.000880. The maximum Gasteiger partial charge on any atom is 0.247 e. The fourth-order valence-electron chi connectivity index (χ4n) is 2.12. The summed E-state index contributed by atoms with van der Waals surface area (Å²) in [4.78, 5) is 11.6. The summed E-state index contributed by atoms with van der Waals surface area (Å²) in [6.45, 7) is 2.67. The van der Waals surface area contributed by atoms with Gasteiger partial charge in [0.05, 0.1) is 13.2 Å². The molecule has 1 aromatic rings. The lowest BCUT2D eigenvalue weighted by atomic mass is 10.3. The molecule has 0 spiro atoms. The van der Waals surface area contributed by atoms with Crippen LogP contribution >= 0.6 is 0 Å². The summed E-state index contributed by atoms with van der Waals surface area (Å²) < 4.78 is 32.0. The SMILES string of the molecule is CCOc1ccc(N)cc1S(=O)(=O)N1CCCNC(=O)C1. The second-order valence-corrected chi connectivity index (χ2v) is 6.59. The molecular weight excluding hydrogens is 294 g/mol. The molecule has 1 aliphatic rings. The Labute approximate surface area is 124 Å². The normalized spacial score (nSPS) is 17.1. The molecule has 0 radical (unpaired) electrons. The highest BCUT2D eigenvalue weighted by Crippen LogP contribution is 2.29. The van der Waals surface area contributed by atoms with Crippen molar-refractivity contribution in [1.29, 1.82) is 0 Å². The van der Waals surface area contributed by atoms with Crippen molar-refractivity contribution in [1.82, 2.24) is 9.62 Å². The monoisotopic (exact) mass is 313 g/mol. The summed E-state index contributed by atoms with van der Waals surface area (Å²) in [6, 6.07) is 4.48. The third-order valence-electron chi connectivity index (χ3n) is 3.11. The van der Waals surface area contributed by atoms with Gasteiger partial charge in [0.15, 0.2) is 0 Å². The molecule has 0 aliphatic carbocycles. The lowest BCUT2D eigenvalue weighted by Gasteiger charge is -2.20. The van der Waals surface area contributed by atoms with Crippen molar-refractivity contribution >= 4 is 21.6 Å². The van der Waals surface area contributed by atoms with E-state index < -0.39 is 10.0 Å². The van der Waals surface area contributed by atoms with Crippen LogP contribution < -0.4 is 15.8 Å². The van der Waals surface area contributed by atoms with Crippen LogP contribution in [-0.2, 0) is 14.8 Å². The molecule has 116 valence electrons. The van der Waals surface area contributed by atoms with Crippen LogP contribution in [0.3, 0.4) is 0 Å². The Kier molecular flexibility index (Phi) is 4.69.